The van der Waals surface area contributed by atoms with E-state index in [0.717, 1.165) is 27.1 Å². The summed E-state index contributed by atoms with van der Waals surface area (Å²) in [5.74, 6) is 0.916. The van der Waals surface area contributed by atoms with Crippen molar-refractivity contribution in [2.24, 2.45) is 0 Å². The van der Waals surface area contributed by atoms with Crippen LogP contribution < -0.4 is 10.4 Å². The minimum atomic E-state index is -0.630. The van der Waals surface area contributed by atoms with E-state index in [0.29, 0.717) is 29.3 Å². The van der Waals surface area contributed by atoms with Gasteiger partial charge in [-0.15, -0.1) is 11.3 Å². The number of nitrogens with one attached hydrogen (secondary N) is 2. The Morgan fingerprint density at radius 1 is 1.11 bits per heavy atom. The van der Waals surface area contributed by atoms with Crippen molar-refractivity contribution in [2.45, 2.75) is 19.4 Å². The molecule has 1 atom stereocenters. The third kappa shape index (κ3) is 5.24. The van der Waals surface area contributed by atoms with Gasteiger partial charge >= 0.3 is 5.69 Å². The number of hydrogen-bond acceptors (Lipinski definition) is 7. The first-order chi connectivity index (χ1) is 17.9. The molecule has 5 aromatic rings. The maximum absolute atomic E-state index is 13.2. The Morgan fingerprint density at radius 2 is 1.84 bits per heavy atom. The second-order valence-electron chi connectivity index (χ2n) is 8.40. The van der Waals surface area contributed by atoms with Gasteiger partial charge in [0.25, 0.3) is 0 Å². The van der Waals surface area contributed by atoms with Crippen molar-refractivity contribution in [1.82, 2.24) is 24.5 Å². The largest absolute Gasteiger partial charge is 0.493 e. The Bertz CT molecular complexity index is 1540. The number of benzene rings is 2. The molecular weight excluding hydrogens is 558 g/mol. The molecule has 0 saturated carbocycles. The number of aryl methyl sites for hydroxylation is 1. The summed E-state index contributed by atoms with van der Waals surface area (Å²) >= 11 is 4.93. The van der Waals surface area contributed by atoms with Crippen molar-refractivity contribution in [3.8, 4) is 34.1 Å². The molecule has 0 aliphatic carbocycles. The average Bonchev–Trinajstić information content (AvgIpc) is 3.62. The van der Waals surface area contributed by atoms with E-state index < -0.39 is 11.7 Å². The molecule has 0 aliphatic rings. The van der Waals surface area contributed by atoms with Crippen LogP contribution in [-0.4, -0.2) is 47.9 Å². The fourth-order valence-corrected chi connectivity index (χ4v) is 5.02. The predicted octanol–water partition coefficient (Wildman–Crippen LogP) is 4.67. The Kier molecular flexibility index (Phi) is 7.26. The van der Waals surface area contributed by atoms with Gasteiger partial charge in [0.15, 0.2) is 0 Å². The van der Waals surface area contributed by atoms with Gasteiger partial charge in [-0.25, -0.2) is 14.8 Å². The van der Waals surface area contributed by atoms with Crippen molar-refractivity contribution >= 4 is 27.3 Å². The lowest BCUT2D eigenvalue weighted by Crippen LogP contribution is -2.25. The average molecular weight is 582 g/mol. The number of imidazole rings is 2. The quantitative estimate of drug-likeness (QED) is 0.200. The molecule has 0 fully saturated rings. The number of aromatic amines is 2. The van der Waals surface area contributed by atoms with Gasteiger partial charge in [-0.3, -0.25) is 4.57 Å². The van der Waals surface area contributed by atoms with Gasteiger partial charge in [-0.05, 0) is 43.3 Å². The van der Waals surface area contributed by atoms with E-state index in [1.54, 1.807) is 29.8 Å². The summed E-state index contributed by atoms with van der Waals surface area (Å²) in [7, 11) is 0. The number of rotatable bonds is 9. The first-order valence-electron chi connectivity index (χ1n) is 11.5. The summed E-state index contributed by atoms with van der Waals surface area (Å²) in [6.07, 6.45) is 0.356. The second-order valence-corrected chi connectivity index (χ2v) is 10.0. The van der Waals surface area contributed by atoms with E-state index >= 15 is 0 Å². The summed E-state index contributed by atoms with van der Waals surface area (Å²) in [5.41, 5.74) is 5.52. The number of nitrogens with zero attached hydrogens (tertiary/aromatic N) is 3. The predicted molar refractivity (Wildman–Crippen MR) is 145 cm³/mol. The number of thiazole rings is 1. The van der Waals surface area contributed by atoms with Crippen molar-refractivity contribution < 1.29 is 14.9 Å². The highest BCUT2D eigenvalue weighted by atomic mass is 79.9. The summed E-state index contributed by atoms with van der Waals surface area (Å²) in [5, 5.41) is 22.1. The lowest BCUT2D eigenvalue weighted by Gasteiger charge is -2.16. The molecule has 2 aromatic carbocycles. The molecule has 0 aliphatic heterocycles. The van der Waals surface area contributed by atoms with Gasteiger partial charge in [0.1, 0.15) is 29.9 Å². The molecule has 0 unspecified atom stereocenters. The van der Waals surface area contributed by atoms with Crippen LogP contribution in [0.25, 0.3) is 22.5 Å². The lowest BCUT2D eigenvalue weighted by molar-refractivity contribution is 0.201. The Balaban J connectivity index is 1.56. The number of H-pyrrole nitrogens is 2. The highest BCUT2D eigenvalue weighted by molar-refractivity contribution is 9.10. The highest BCUT2D eigenvalue weighted by Gasteiger charge is 2.27. The van der Waals surface area contributed by atoms with E-state index in [-0.39, 0.29) is 19.1 Å². The molecule has 3 heterocycles. The van der Waals surface area contributed by atoms with Crippen LogP contribution in [0.5, 0.6) is 11.6 Å². The molecule has 0 radical (unpaired) electrons. The zero-order valence-corrected chi connectivity index (χ0v) is 22.2. The highest BCUT2D eigenvalue weighted by Crippen LogP contribution is 2.33. The van der Waals surface area contributed by atoms with Gasteiger partial charge in [-0.2, -0.15) is 0 Å². The minimum absolute atomic E-state index is 0.0884. The summed E-state index contributed by atoms with van der Waals surface area (Å²) < 4.78 is 7.69. The van der Waals surface area contributed by atoms with E-state index in [2.05, 4.69) is 30.9 Å². The number of aromatic nitrogens is 5. The zero-order chi connectivity index (χ0) is 25.9. The van der Waals surface area contributed by atoms with Gasteiger partial charge < -0.3 is 24.9 Å². The number of ether oxygens (including phenoxy) is 1. The molecule has 5 rings (SSSR count). The first-order valence-corrected chi connectivity index (χ1v) is 13.2. The van der Waals surface area contributed by atoms with Crippen LogP contribution in [-0.2, 0) is 6.42 Å². The van der Waals surface area contributed by atoms with Crippen molar-refractivity contribution in [3.63, 3.8) is 0 Å². The van der Waals surface area contributed by atoms with Crippen LogP contribution in [0.2, 0.25) is 0 Å². The molecule has 11 heteroatoms. The van der Waals surface area contributed by atoms with E-state index in [9.17, 15) is 9.90 Å². The SMILES string of the molecule is Cc1[nH]c([C@@H](Cc2cscn2)n2c(O)c(-c3ccc(OCCO)cc3)[nH]c2=O)nc1-c1ccc(Br)cc1. The third-order valence-electron chi connectivity index (χ3n) is 5.94. The van der Waals surface area contributed by atoms with Crippen LogP contribution in [0, 0.1) is 6.92 Å². The summed E-state index contributed by atoms with van der Waals surface area (Å²) in [6, 6.07) is 14.1. The molecule has 0 spiro atoms. The summed E-state index contributed by atoms with van der Waals surface area (Å²) in [4.78, 5) is 28.6. The van der Waals surface area contributed by atoms with Crippen LogP contribution in [0.4, 0.5) is 0 Å². The maximum atomic E-state index is 13.2. The zero-order valence-electron chi connectivity index (χ0n) is 19.8. The molecule has 4 N–H and O–H groups in total. The fourth-order valence-electron chi connectivity index (χ4n) is 4.19. The topological polar surface area (TPSA) is 129 Å². The maximum Gasteiger partial charge on any atom is 0.329 e. The van der Waals surface area contributed by atoms with Crippen LogP contribution >= 0.6 is 27.3 Å². The Labute approximate surface area is 224 Å². The number of halogens is 1. The molecule has 0 saturated heterocycles. The van der Waals surface area contributed by atoms with Crippen LogP contribution in [0.3, 0.4) is 0 Å². The van der Waals surface area contributed by atoms with E-state index in [1.165, 1.54) is 15.9 Å². The smallest absolute Gasteiger partial charge is 0.329 e. The van der Waals surface area contributed by atoms with Crippen molar-refractivity contribution in [2.75, 3.05) is 13.2 Å². The first kappa shape index (κ1) is 25.0. The Hall–Kier alpha value is -3.67. The summed E-state index contributed by atoms with van der Waals surface area (Å²) in [6.45, 7) is 2.02. The number of aliphatic hydroxyl groups excluding tert-OH is 1. The van der Waals surface area contributed by atoms with Gasteiger partial charge in [0.05, 0.1) is 23.5 Å². The van der Waals surface area contributed by atoms with Gasteiger partial charge in [0.2, 0.25) is 5.88 Å². The number of aliphatic hydroxyl groups is 1. The molecule has 190 valence electrons. The fraction of sp³-hybridized carbons (Fsp3) is 0.192. The molecule has 0 amide bonds. The van der Waals surface area contributed by atoms with Gasteiger partial charge in [-0.1, -0.05) is 28.1 Å². The van der Waals surface area contributed by atoms with E-state index in [1.807, 2.05) is 36.6 Å². The van der Waals surface area contributed by atoms with Gasteiger partial charge in [0, 0.05) is 33.1 Å². The third-order valence-corrected chi connectivity index (χ3v) is 7.10. The minimum Gasteiger partial charge on any atom is -0.493 e. The molecule has 9 nitrogen and oxygen atoms in total. The van der Waals surface area contributed by atoms with E-state index in [4.69, 9.17) is 14.8 Å². The van der Waals surface area contributed by atoms with Crippen LogP contribution in [0.15, 0.2) is 68.7 Å². The molecule has 3 aromatic heterocycles. The Morgan fingerprint density at radius 3 is 2.51 bits per heavy atom. The second kappa shape index (κ2) is 10.8. The lowest BCUT2D eigenvalue weighted by atomic mass is 10.1. The van der Waals surface area contributed by atoms with Crippen molar-refractivity contribution in [1.29, 1.82) is 0 Å². The molecular formula is C26H24BrN5O4S. The molecule has 37 heavy (non-hydrogen) atoms. The number of hydrogen-bond donors (Lipinski definition) is 4. The number of aromatic hydroxyl groups is 1. The molecule has 0 bridgehead atoms. The van der Waals surface area contributed by atoms with Crippen LogP contribution in [0.1, 0.15) is 23.3 Å². The van der Waals surface area contributed by atoms with Crippen molar-refractivity contribution in [3.05, 3.63) is 91.6 Å². The normalized spacial score (nSPS) is 12.1. The standard InChI is InChI=1S/C26H24BrN5O4S/c1-15-22(16-2-6-18(27)7-3-16)30-24(29-15)21(12-19-13-37-14-28-19)32-25(34)23(31-26(32)35)17-4-8-20(9-5-17)36-11-10-33/h2-9,13-14,21,33-34H,10-12H2,1H3,(H,29,30)(H,31,35)/t21-/m1/s1. The monoisotopic (exact) mass is 581 g/mol.